The van der Waals surface area contributed by atoms with E-state index in [0.717, 1.165) is 18.0 Å². The Morgan fingerprint density at radius 2 is 2.24 bits per heavy atom. The van der Waals surface area contributed by atoms with Crippen molar-refractivity contribution in [2.24, 2.45) is 4.99 Å². The van der Waals surface area contributed by atoms with Gasteiger partial charge in [0.1, 0.15) is 5.84 Å². The Labute approximate surface area is 104 Å². The molecule has 0 aromatic heterocycles. The molecule has 1 aliphatic rings. The van der Waals surface area contributed by atoms with Gasteiger partial charge in [-0.25, -0.2) is 0 Å². The van der Waals surface area contributed by atoms with E-state index in [-0.39, 0.29) is 0 Å². The van der Waals surface area contributed by atoms with E-state index in [9.17, 15) is 0 Å². The molecule has 3 nitrogen and oxygen atoms in total. The standard InChI is InChI=1S/C14H21N3/c1-11-6-5-7-14(10-11)9-8-12(2)16-17-13(3)15-4/h7-10,16H,2,5-6H2,1,3-4H3,(H,15,17)/b9-8-. The van der Waals surface area contributed by atoms with Crippen molar-refractivity contribution in [1.29, 1.82) is 0 Å². The first-order valence-corrected chi connectivity index (χ1v) is 5.81. The van der Waals surface area contributed by atoms with Crippen LogP contribution >= 0.6 is 0 Å². The third-order valence-electron chi connectivity index (χ3n) is 2.55. The number of hydrogen-bond acceptors (Lipinski definition) is 2. The van der Waals surface area contributed by atoms with Crippen LogP contribution in [-0.4, -0.2) is 12.9 Å². The van der Waals surface area contributed by atoms with E-state index in [1.807, 2.05) is 13.0 Å². The maximum Gasteiger partial charge on any atom is 0.111 e. The van der Waals surface area contributed by atoms with Gasteiger partial charge >= 0.3 is 0 Å². The summed E-state index contributed by atoms with van der Waals surface area (Å²) in [6, 6.07) is 0. The topological polar surface area (TPSA) is 36.4 Å². The summed E-state index contributed by atoms with van der Waals surface area (Å²) in [5.74, 6) is 0.826. The Morgan fingerprint density at radius 1 is 1.47 bits per heavy atom. The van der Waals surface area contributed by atoms with E-state index in [0.29, 0.717) is 0 Å². The van der Waals surface area contributed by atoms with Gasteiger partial charge in [0.2, 0.25) is 0 Å². The molecule has 17 heavy (non-hydrogen) atoms. The van der Waals surface area contributed by atoms with Crippen molar-refractivity contribution in [3.05, 3.63) is 47.7 Å². The number of amidine groups is 1. The number of nitrogens with one attached hydrogen (secondary N) is 2. The normalized spacial score (nSPS) is 16.5. The molecule has 0 aromatic carbocycles. The molecule has 0 amide bonds. The summed E-state index contributed by atoms with van der Waals surface area (Å²) in [6.07, 6.45) is 10.8. The Kier molecular flexibility index (Phi) is 5.27. The van der Waals surface area contributed by atoms with Crippen LogP contribution in [-0.2, 0) is 0 Å². The van der Waals surface area contributed by atoms with E-state index < -0.39 is 0 Å². The quantitative estimate of drug-likeness (QED) is 0.338. The summed E-state index contributed by atoms with van der Waals surface area (Å²) in [4.78, 5) is 3.98. The van der Waals surface area contributed by atoms with Crippen molar-refractivity contribution < 1.29 is 0 Å². The Morgan fingerprint density at radius 3 is 2.88 bits per heavy atom. The van der Waals surface area contributed by atoms with Gasteiger partial charge < -0.3 is 5.43 Å². The lowest BCUT2D eigenvalue weighted by Crippen LogP contribution is -2.34. The second-order valence-corrected chi connectivity index (χ2v) is 4.15. The second kappa shape index (κ2) is 6.74. The van der Waals surface area contributed by atoms with E-state index >= 15 is 0 Å². The first kappa shape index (κ1) is 13.3. The van der Waals surface area contributed by atoms with Crippen LogP contribution in [0.2, 0.25) is 0 Å². The molecule has 0 radical (unpaired) electrons. The predicted octanol–water partition coefficient (Wildman–Crippen LogP) is 2.87. The molecular weight excluding hydrogens is 210 g/mol. The van der Waals surface area contributed by atoms with Gasteiger partial charge in [0.15, 0.2) is 0 Å². The molecule has 0 spiro atoms. The average molecular weight is 231 g/mol. The van der Waals surface area contributed by atoms with Crippen molar-refractivity contribution >= 4 is 5.84 Å². The van der Waals surface area contributed by atoms with Crippen LogP contribution in [0.4, 0.5) is 0 Å². The fraction of sp³-hybridized carbons (Fsp3) is 0.357. The fourth-order valence-electron chi connectivity index (χ4n) is 1.46. The zero-order chi connectivity index (χ0) is 12.7. The number of aliphatic imine (C=N–C) groups is 1. The molecular formula is C14H21N3. The first-order chi connectivity index (χ1) is 8.11. The maximum absolute atomic E-state index is 3.98. The van der Waals surface area contributed by atoms with Crippen LogP contribution in [0.25, 0.3) is 0 Å². The van der Waals surface area contributed by atoms with Crippen molar-refractivity contribution in [2.45, 2.75) is 26.7 Å². The third-order valence-corrected chi connectivity index (χ3v) is 2.55. The summed E-state index contributed by atoms with van der Waals surface area (Å²) in [5, 5.41) is 0. The lowest BCUT2D eigenvalue weighted by molar-refractivity contribution is 0.782. The van der Waals surface area contributed by atoms with Gasteiger partial charge in [0.25, 0.3) is 0 Å². The summed E-state index contributed by atoms with van der Waals surface area (Å²) in [7, 11) is 1.74. The minimum atomic E-state index is 0.811. The fourth-order valence-corrected chi connectivity index (χ4v) is 1.46. The smallest absolute Gasteiger partial charge is 0.111 e. The summed E-state index contributed by atoms with van der Waals surface area (Å²) >= 11 is 0. The molecule has 0 fully saturated rings. The Hall–Kier alpha value is -1.77. The minimum Gasteiger partial charge on any atom is -0.301 e. The summed E-state index contributed by atoms with van der Waals surface area (Å²) < 4.78 is 0. The lowest BCUT2D eigenvalue weighted by atomic mass is 10.0. The van der Waals surface area contributed by atoms with Gasteiger partial charge in [-0.15, -0.1) is 0 Å². The molecule has 92 valence electrons. The summed E-state index contributed by atoms with van der Waals surface area (Å²) in [5.41, 5.74) is 9.40. The lowest BCUT2D eigenvalue weighted by Gasteiger charge is -2.09. The molecule has 0 heterocycles. The number of nitrogens with zero attached hydrogens (tertiary/aromatic N) is 1. The molecule has 2 N–H and O–H groups in total. The van der Waals surface area contributed by atoms with E-state index in [1.165, 1.54) is 17.6 Å². The van der Waals surface area contributed by atoms with E-state index in [2.05, 4.69) is 47.6 Å². The van der Waals surface area contributed by atoms with Crippen LogP contribution in [0.5, 0.6) is 0 Å². The van der Waals surface area contributed by atoms with Gasteiger partial charge in [-0.3, -0.25) is 10.4 Å². The Balaban J connectivity index is 2.43. The van der Waals surface area contributed by atoms with Crippen LogP contribution in [0, 0.1) is 0 Å². The number of rotatable bonds is 4. The van der Waals surface area contributed by atoms with Crippen molar-refractivity contribution in [3.63, 3.8) is 0 Å². The van der Waals surface area contributed by atoms with Crippen LogP contribution in [0.1, 0.15) is 26.7 Å². The molecule has 0 atom stereocenters. The monoisotopic (exact) mass is 231 g/mol. The van der Waals surface area contributed by atoms with Gasteiger partial charge in [0.05, 0.1) is 0 Å². The maximum atomic E-state index is 3.98. The SMILES string of the molecule is C=C(/C=C\C1=CCCC(C)=C1)NNC(C)=NC. The molecule has 0 saturated heterocycles. The minimum absolute atomic E-state index is 0.811. The van der Waals surface area contributed by atoms with Crippen molar-refractivity contribution in [3.8, 4) is 0 Å². The van der Waals surface area contributed by atoms with Gasteiger partial charge in [-0.05, 0) is 38.3 Å². The third kappa shape index (κ3) is 5.20. The summed E-state index contributed by atoms with van der Waals surface area (Å²) in [6.45, 7) is 7.95. The highest BCUT2D eigenvalue weighted by Crippen LogP contribution is 2.17. The van der Waals surface area contributed by atoms with E-state index in [1.54, 1.807) is 7.05 Å². The molecule has 0 saturated carbocycles. The molecule has 1 rings (SSSR count). The zero-order valence-electron chi connectivity index (χ0n) is 10.9. The van der Waals surface area contributed by atoms with Crippen molar-refractivity contribution in [2.75, 3.05) is 7.05 Å². The Bertz CT molecular complexity index is 398. The first-order valence-electron chi connectivity index (χ1n) is 5.81. The van der Waals surface area contributed by atoms with Crippen LogP contribution in [0.3, 0.4) is 0 Å². The molecule has 1 aliphatic carbocycles. The zero-order valence-corrected chi connectivity index (χ0v) is 10.9. The largest absolute Gasteiger partial charge is 0.301 e. The number of allylic oxidation sites excluding steroid dienone is 6. The average Bonchev–Trinajstić information content (AvgIpc) is 2.33. The van der Waals surface area contributed by atoms with Crippen LogP contribution in [0.15, 0.2) is 52.7 Å². The molecule has 0 bridgehead atoms. The van der Waals surface area contributed by atoms with Gasteiger partial charge in [0, 0.05) is 12.7 Å². The predicted molar refractivity (Wildman–Crippen MR) is 74.7 cm³/mol. The number of hydrogen-bond donors (Lipinski definition) is 2. The molecule has 3 heteroatoms. The van der Waals surface area contributed by atoms with Crippen molar-refractivity contribution in [1.82, 2.24) is 10.9 Å². The van der Waals surface area contributed by atoms with E-state index in [4.69, 9.17) is 0 Å². The van der Waals surface area contributed by atoms with Crippen LogP contribution < -0.4 is 10.9 Å². The molecule has 0 unspecified atom stereocenters. The number of hydrazine groups is 1. The highest BCUT2D eigenvalue weighted by atomic mass is 15.4. The highest BCUT2D eigenvalue weighted by Gasteiger charge is 1.98. The molecule has 0 aromatic rings. The molecule has 0 aliphatic heterocycles. The highest BCUT2D eigenvalue weighted by molar-refractivity contribution is 5.78. The second-order valence-electron chi connectivity index (χ2n) is 4.15. The van der Waals surface area contributed by atoms with Gasteiger partial charge in [-0.1, -0.05) is 30.4 Å². The van der Waals surface area contributed by atoms with Gasteiger partial charge in [-0.2, -0.15) is 0 Å².